The lowest BCUT2D eigenvalue weighted by Gasteiger charge is -2.20. The Kier molecular flexibility index (Phi) is 8.95. The van der Waals surface area contributed by atoms with Crippen molar-refractivity contribution in [1.29, 1.82) is 0 Å². The SMILES string of the molecule is CCCCN(CCCC)Cc1csc(CC(=O)Nc2cc(C)ccc2C)n1. The molecule has 0 bridgehead atoms. The van der Waals surface area contributed by atoms with Crippen molar-refractivity contribution in [2.24, 2.45) is 0 Å². The number of hydrogen-bond donors (Lipinski definition) is 1. The molecule has 0 spiro atoms. The van der Waals surface area contributed by atoms with E-state index in [1.165, 1.54) is 25.7 Å². The predicted octanol–water partition coefficient (Wildman–Crippen LogP) is 5.34. The molecule has 1 N–H and O–H groups in total. The molecule has 0 fully saturated rings. The average Bonchev–Trinajstić information content (AvgIpc) is 3.07. The molecule has 2 rings (SSSR count). The summed E-state index contributed by atoms with van der Waals surface area (Å²) >= 11 is 1.59. The number of benzene rings is 1. The van der Waals surface area contributed by atoms with Gasteiger partial charge in [0.2, 0.25) is 5.91 Å². The first-order valence-corrected chi connectivity index (χ1v) is 10.9. The van der Waals surface area contributed by atoms with Crippen LogP contribution in [0.3, 0.4) is 0 Å². The topological polar surface area (TPSA) is 45.2 Å². The number of aryl methyl sites for hydroxylation is 2. The number of nitrogens with one attached hydrogen (secondary N) is 1. The van der Waals surface area contributed by atoms with Gasteiger partial charge >= 0.3 is 0 Å². The first-order valence-electron chi connectivity index (χ1n) is 10.0. The zero-order valence-electron chi connectivity index (χ0n) is 17.2. The van der Waals surface area contributed by atoms with Crippen molar-refractivity contribution in [2.45, 2.75) is 66.3 Å². The van der Waals surface area contributed by atoms with Crippen molar-refractivity contribution < 1.29 is 4.79 Å². The maximum absolute atomic E-state index is 12.4. The standard InChI is InChI=1S/C22H33N3OS/c1-5-7-11-25(12-8-6-2)15-19-16-27-22(23-19)14-21(26)24-20-13-17(3)9-10-18(20)4/h9-10,13,16H,5-8,11-12,14-15H2,1-4H3,(H,24,26). The smallest absolute Gasteiger partial charge is 0.231 e. The zero-order valence-corrected chi connectivity index (χ0v) is 18.0. The highest BCUT2D eigenvalue weighted by Gasteiger charge is 2.12. The summed E-state index contributed by atoms with van der Waals surface area (Å²) in [5.41, 5.74) is 4.20. The minimum Gasteiger partial charge on any atom is -0.325 e. The Bertz CT molecular complexity index is 718. The summed E-state index contributed by atoms with van der Waals surface area (Å²) in [6.07, 6.45) is 5.20. The van der Waals surface area contributed by atoms with Crippen LogP contribution < -0.4 is 5.32 Å². The predicted molar refractivity (Wildman–Crippen MR) is 115 cm³/mol. The molecule has 0 atom stereocenters. The number of hydrogen-bond acceptors (Lipinski definition) is 4. The molecular weight excluding hydrogens is 354 g/mol. The van der Waals surface area contributed by atoms with E-state index in [9.17, 15) is 4.79 Å². The van der Waals surface area contributed by atoms with Crippen LogP contribution in [0.5, 0.6) is 0 Å². The minimum atomic E-state index is -0.00146. The maximum atomic E-state index is 12.4. The van der Waals surface area contributed by atoms with Crippen LogP contribution in [0.25, 0.3) is 0 Å². The van der Waals surface area contributed by atoms with Crippen molar-refractivity contribution in [1.82, 2.24) is 9.88 Å². The van der Waals surface area contributed by atoms with Crippen molar-refractivity contribution >= 4 is 22.9 Å². The van der Waals surface area contributed by atoms with E-state index in [1.54, 1.807) is 11.3 Å². The van der Waals surface area contributed by atoms with E-state index in [1.807, 2.05) is 26.0 Å². The molecule has 1 amide bonds. The van der Waals surface area contributed by atoms with Gasteiger partial charge in [-0.1, -0.05) is 38.8 Å². The lowest BCUT2D eigenvalue weighted by molar-refractivity contribution is -0.115. The largest absolute Gasteiger partial charge is 0.325 e. The number of nitrogens with zero attached hydrogens (tertiary/aromatic N) is 2. The molecule has 27 heavy (non-hydrogen) atoms. The third kappa shape index (κ3) is 7.43. The molecule has 1 heterocycles. The fourth-order valence-corrected chi connectivity index (χ4v) is 3.75. The Morgan fingerprint density at radius 1 is 1.15 bits per heavy atom. The summed E-state index contributed by atoms with van der Waals surface area (Å²) in [4.78, 5) is 19.6. The van der Waals surface area contributed by atoms with Gasteiger partial charge in [-0.25, -0.2) is 4.98 Å². The number of carbonyl (C=O) groups is 1. The number of rotatable bonds is 11. The van der Waals surface area contributed by atoms with Crippen LogP contribution in [0.1, 0.15) is 61.4 Å². The average molecular weight is 388 g/mol. The highest BCUT2D eigenvalue weighted by Crippen LogP contribution is 2.18. The van der Waals surface area contributed by atoms with Gasteiger partial charge in [0, 0.05) is 17.6 Å². The second-order valence-electron chi connectivity index (χ2n) is 7.26. The Morgan fingerprint density at radius 2 is 1.85 bits per heavy atom. The molecule has 4 nitrogen and oxygen atoms in total. The van der Waals surface area contributed by atoms with Gasteiger partial charge in [-0.15, -0.1) is 11.3 Å². The van der Waals surface area contributed by atoms with Gasteiger partial charge < -0.3 is 5.32 Å². The van der Waals surface area contributed by atoms with Crippen LogP contribution in [0.15, 0.2) is 23.6 Å². The molecular formula is C22H33N3OS. The van der Waals surface area contributed by atoms with Crippen molar-refractivity contribution in [2.75, 3.05) is 18.4 Å². The Labute approximate surface area is 168 Å². The second-order valence-corrected chi connectivity index (χ2v) is 8.20. The van der Waals surface area contributed by atoms with E-state index < -0.39 is 0 Å². The van der Waals surface area contributed by atoms with Crippen molar-refractivity contribution in [3.05, 3.63) is 45.4 Å². The molecule has 0 aliphatic carbocycles. The molecule has 0 saturated carbocycles. The van der Waals surface area contributed by atoms with Gasteiger partial charge in [0.15, 0.2) is 0 Å². The summed E-state index contributed by atoms with van der Waals surface area (Å²) in [5, 5.41) is 6.01. The first kappa shape index (κ1) is 21.6. The summed E-state index contributed by atoms with van der Waals surface area (Å²) in [6, 6.07) is 6.11. The van der Waals surface area contributed by atoms with Crippen LogP contribution in [-0.4, -0.2) is 28.9 Å². The van der Waals surface area contributed by atoms with Gasteiger partial charge in [0.25, 0.3) is 0 Å². The van der Waals surface area contributed by atoms with E-state index in [0.717, 1.165) is 47.2 Å². The normalized spacial score (nSPS) is 11.1. The lowest BCUT2D eigenvalue weighted by atomic mass is 10.1. The number of aromatic nitrogens is 1. The van der Waals surface area contributed by atoms with E-state index in [-0.39, 0.29) is 5.91 Å². The van der Waals surface area contributed by atoms with Crippen LogP contribution in [0.4, 0.5) is 5.69 Å². The summed E-state index contributed by atoms with van der Waals surface area (Å²) in [5.74, 6) is -0.00146. The van der Waals surface area contributed by atoms with E-state index in [4.69, 9.17) is 4.98 Å². The Hall–Kier alpha value is -1.72. The number of carbonyl (C=O) groups excluding carboxylic acids is 1. The molecule has 0 aliphatic heterocycles. The molecule has 0 unspecified atom stereocenters. The number of thiazole rings is 1. The Morgan fingerprint density at radius 3 is 2.52 bits per heavy atom. The third-order valence-corrected chi connectivity index (χ3v) is 5.52. The van der Waals surface area contributed by atoms with Crippen LogP contribution in [0, 0.1) is 13.8 Å². The summed E-state index contributed by atoms with van der Waals surface area (Å²) < 4.78 is 0. The summed E-state index contributed by atoms with van der Waals surface area (Å²) in [7, 11) is 0. The monoisotopic (exact) mass is 387 g/mol. The van der Waals surface area contributed by atoms with E-state index in [2.05, 4.69) is 35.5 Å². The first-order chi connectivity index (χ1) is 13.0. The quantitative estimate of drug-likeness (QED) is 0.566. The van der Waals surface area contributed by atoms with Crippen molar-refractivity contribution in [3.63, 3.8) is 0 Å². The molecule has 1 aromatic carbocycles. The van der Waals surface area contributed by atoms with E-state index in [0.29, 0.717) is 6.42 Å². The van der Waals surface area contributed by atoms with Crippen molar-refractivity contribution in [3.8, 4) is 0 Å². The highest BCUT2D eigenvalue weighted by molar-refractivity contribution is 7.09. The molecule has 5 heteroatoms. The molecule has 0 aliphatic rings. The number of amides is 1. The number of unbranched alkanes of at least 4 members (excludes halogenated alkanes) is 2. The van der Waals surface area contributed by atoms with Crippen LogP contribution in [-0.2, 0) is 17.8 Å². The van der Waals surface area contributed by atoms with Gasteiger partial charge in [-0.3, -0.25) is 9.69 Å². The third-order valence-electron chi connectivity index (χ3n) is 4.62. The lowest BCUT2D eigenvalue weighted by Crippen LogP contribution is -2.25. The van der Waals surface area contributed by atoms with Crippen LogP contribution in [0.2, 0.25) is 0 Å². The molecule has 148 valence electrons. The van der Waals surface area contributed by atoms with Crippen LogP contribution >= 0.6 is 11.3 Å². The van der Waals surface area contributed by atoms with Gasteiger partial charge in [0.1, 0.15) is 5.01 Å². The van der Waals surface area contributed by atoms with Gasteiger partial charge in [-0.05, 0) is 57.0 Å². The molecule has 0 saturated heterocycles. The highest BCUT2D eigenvalue weighted by atomic mass is 32.1. The number of anilines is 1. The zero-order chi connectivity index (χ0) is 19.6. The second kappa shape index (κ2) is 11.2. The van der Waals surface area contributed by atoms with Gasteiger partial charge in [0.05, 0.1) is 12.1 Å². The minimum absolute atomic E-state index is 0.00146. The molecule has 0 radical (unpaired) electrons. The fraction of sp³-hybridized carbons (Fsp3) is 0.545. The van der Waals surface area contributed by atoms with Gasteiger partial charge in [-0.2, -0.15) is 0 Å². The maximum Gasteiger partial charge on any atom is 0.231 e. The molecule has 1 aromatic heterocycles. The fourth-order valence-electron chi connectivity index (χ4n) is 2.97. The molecule has 2 aromatic rings. The van der Waals surface area contributed by atoms with E-state index >= 15 is 0 Å². The Balaban J connectivity index is 1.91. The summed E-state index contributed by atoms with van der Waals surface area (Å²) in [6.45, 7) is 11.6.